The van der Waals surface area contributed by atoms with Gasteiger partial charge in [-0.05, 0) is 35.9 Å². The quantitative estimate of drug-likeness (QED) is 0.849. The van der Waals surface area contributed by atoms with Crippen molar-refractivity contribution >= 4 is 39.2 Å². The SMILES string of the molecule is O=C(O)CN(Cc1ccc(F)cc1Br)c1cccc(Cl)c1. The van der Waals surface area contributed by atoms with E-state index in [1.54, 1.807) is 35.2 Å². The molecule has 0 aliphatic carbocycles. The lowest BCUT2D eigenvalue weighted by atomic mass is 10.2. The van der Waals surface area contributed by atoms with Gasteiger partial charge in [-0.2, -0.15) is 0 Å². The number of hydrogen-bond acceptors (Lipinski definition) is 2. The maximum absolute atomic E-state index is 13.1. The number of nitrogens with zero attached hydrogens (tertiary/aromatic N) is 1. The Bertz CT molecular complexity index is 666. The Kier molecular flexibility index (Phi) is 5.20. The van der Waals surface area contributed by atoms with Crippen molar-refractivity contribution in [3.05, 3.63) is 63.3 Å². The molecule has 2 aromatic carbocycles. The molecule has 0 aliphatic heterocycles. The van der Waals surface area contributed by atoms with E-state index in [9.17, 15) is 9.18 Å². The Morgan fingerprint density at radius 1 is 1.29 bits per heavy atom. The molecule has 0 atom stereocenters. The van der Waals surface area contributed by atoms with Gasteiger partial charge in [-0.1, -0.05) is 39.7 Å². The highest BCUT2D eigenvalue weighted by Crippen LogP contribution is 2.25. The van der Waals surface area contributed by atoms with Crippen molar-refractivity contribution in [2.45, 2.75) is 6.54 Å². The van der Waals surface area contributed by atoms with Gasteiger partial charge in [0.2, 0.25) is 0 Å². The highest BCUT2D eigenvalue weighted by atomic mass is 79.9. The number of hydrogen-bond donors (Lipinski definition) is 1. The Hall–Kier alpha value is -1.59. The second-order valence-corrected chi connectivity index (χ2v) is 5.76. The van der Waals surface area contributed by atoms with Crippen molar-refractivity contribution < 1.29 is 14.3 Å². The van der Waals surface area contributed by atoms with E-state index in [0.29, 0.717) is 21.7 Å². The minimum Gasteiger partial charge on any atom is -0.480 e. The molecule has 0 saturated carbocycles. The predicted molar refractivity (Wildman–Crippen MR) is 84.2 cm³/mol. The summed E-state index contributed by atoms with van der Waals surface area (Å²) in [5, 5.41) is 9.59. The molecule has 6 heteroatoms. The molecule has 0 bridgehead atoms. The van der Waals surface area contributed by atoms with Crippen LogP contribution in [-0.4, -0.2) is 17.6 Å². The van der Waals surface area contributed by atoms with Gasteiger partial charge in [0.1, 0.15) is 12.4 Å². The molecule has 110 valence electrons. The first kappa shape index (κ1) is 15.8. The molecule has 0 spiro atoms. The predicted octanol–water partition coefficient (Wildman–Crippen LogP) is 4.33. The average Bonchev–Trinajstić information content (AvgIpc) is 2.40. The summed E-state index contributed by atoms with van der Waals surface area (Å²) in [7, 11) is 0. The molecular formula is C15H12BrClFNO2. The summed E-state index contributed by atoms with van der Waals surface area (Å²) < 4.78 is 13.7. The number of carboxylic acids is 1. The Morgan fingerprint density at radius 3 is 2.67 bits per heavy atom. The van der Waals surface area contributed by atoms with E-state index >= 15 is 0 Å². The molecule has 21 heavy (non-hydrogen) atoms. The Morgan fingerprint density at radius 2 is 2.05 bits per heavy atom. The van der Waals surface area contributed by atoms with Gasteiger partial charge in [-0.15, -0.1) is 0 Å². The Labute approximate surface area is 135 Å². The van der Waals surface area contributed by atoms with Gasteiger partial charge >= 0.3 is 5.97 Å². The second-order valence-electron chi connectivity index (χ2n) is 4.47. The maximum Gasteiger partial charge on any atom is 0.323 e. The smallest absolute Gasteiger partial charge is 0.323 e. The largest absolute Gasteiger partial charge is 0.480 e. The summed E-state index contributed by atoms with van der Waals surface area (Å²) in [6.45, 7) is 0.150. The lowest BCUT2D eigenvalue weighted by molar-refractivity contribution is -0.135. The van der Waals surface area contributed by atoms with E-state index in [-0.39, 0.29) is 12.4 Å². The zero-order valence-electron chi connectivity index (χ0n) is 10.9. The van der Waals surface area contributed by atoms with E-state index in [0.717, 1.165) is 5.56 Å². The van der Waals surface area contributed by atoms with Crippen molar-refractivity contribution in [3.63, 3.8) is 0 Å². The van der Waals surface area contributed by atoms with Crippen LogP contribution in [0.15, 0.2) is 46.9 Å². The van der Waals surface area contributed by atoms with E-state index in [2.05, 4.69) is 15.9 Å². The van der Waals surface area contributed by atoms with Crippen LogP contribution in [0.25, 0.3) is 0 Å². The van der Waals surface area contributed by atoms with Gasteiger partial charge in [0.15, 0.2) is 0 Å². The van der Waals surface area contributed by atoms with E-state index in [1.165, 1.54) is 12.1 Å². The molecule has 0 radical (unpaired) electrons. The number of carboxylic acid groups (broad SMARTS) is 1. The van der Waals surface area contributed by atoms with Gasteiger partial charge in [0, 0.05) is 21.7 Å². The highest BCUT2D eigenvalue weighted by molar-refractivity contribution is 9.10. The lowest BCUT2D eigenvalue weighted by Gasteiger charge is -2.23. The molecule has 0 fully saturated rings. The first-order valence-corrected chi connectivity index (χ1v) is 7.29. The fourth-order valence-electron chi connectivity index (χ4n) is 1.93. The van der Waals surface area contributed by atoms with Crippen molar-refractivity contribution in [1.29, 1.82) is 0 Å². The van der Waals surface area contributed by atoms with Crippen LogP contribution >= 0.6 is 27.5 Å². The van der Waals surface area contributed by atoms with Crippen LogP contribution < -0.4 is 4.90 Å². The van der Waals surface area contributed by atoms with Crippen LogP contribution in [0, 0.1) is 5.82 Å². The van der Waals surface area contributed by atoms with Crippen molar-refractivity contribution in [2.24, 2.45) is 0 Å². The van der Waals surface area contributed by atoms with Gasteiger partial charge in [-0.3, -0.25) is 4.79 Å². The standard InChI is InChI=1S/C15H12BrClFNO2/c16-14-7-12(18)5-4-10(14)8-19(9-15(20)21)13-3-1-2-11(17)6-13/h1-7H,8-9H2,(H,20,21). The molecule has 1 N–H and O–H groups in total. The molecule has 0 unspecified atom stereocenters. The average molecular weight is 373 g/mol. The van der Waals surface area contributed by atoms with Gasteiger partial charge in [-0.25, -0.2) is 4.39 Å². The maximum atomic E-state index is 13.1. The molecule has 0 saturated heterocycles. The van der Waals surface area contributed by atoms with Crippen LogP contribution in [0.3, 0.4) is 0 Å². The topological polar surface area (TPSA) is 40.5 Å². The summed E-state index contributed by atoms with van der Waals surface area (Å²) >= 11 is 9.24. The summed E-state index contributed by atoms with van der Waals surface area (Å²) in [4.78, 5) is 12.7. The third-order valence-electron chi connectivity index (χ3n) is 2.88. The molecule has 3 nitrogen and oxygen atoms in total. The van der Waals surface area contributed by atoms with Gasteiger partial charge < -0.3 is 10.0 Å². The second kappa shape index (κ2) is 6.91. The van der Waals surface area contributed by atoms with Crippen LogP contribution in [-0.2, 0) is 11.3 Å². The van der Waals surface area contributed by atoms with Crippen LogP contribution in [0.4, 0.5) is 10.1 Å². The number of halogens is 3. The molecule has 0 amide bonds. The first-order valence-electron chi connectivity index (χ1n) is 6.12. The summed E-state index contributed by atoms with van der Waals surface area (Å²) in [5.41, 5.74) is 1.48. The van der Waals surface area contributed by atoms with Crippen molar-refractivity contribution in [3.8, 4) is 0 Å². The fraction of sp³-hybridized carbons (Fsp3) is 0.133. The van der Waals surface area contributed by atoms with Gasteiger partial charge in [0.25, 0.3) is 0 Å². The number of anilines is 1. The molecule has 0 heterocycles. The van der Waals surface area contributed by atoms with Crippen molar-refractivity contribution in [2.75, 3.05) is 11.4 Å². The summed E-state index contributed by atoms with van der Waals surface area (Å²) in [6, 6.07) is 11.3. The number of benzene rings is 2. The minimum absolute atomic E-state index is 0.176. The zero-order valence-corrected chi connectivity index (χ0v) is 13.2. The number of carbonyl (C=O) groups is 1. The molecule has 0 aromatic heterocycles. The summed E-state index contributed by atoms with van der Waals surface area (Å²) in [6.07, 6.45) is 0. The fourth-order valence-corrected chi connectivity index (χ4v) is 2.59. The third-order valence-corrected chi connectivity index (χ3v) is 3.85. The van der Waals surface area contributed by atoms with Crippen LogP contribution in [0.2, 0.25) is 5.02 Å². The highest BCUT2D eigenvalue weighted by Gasteiger charge is 2.13. The van der Waals surface area contributed by atoms with E-state index in [1.807, 2.05) is 0 Å². The van der Waals surface area contributed by atoms with Crippen LogP contribution in [0.5, 0.6) is 0 Å². The number of aliphatic carboxylic acids is 1. The molecular weight excluding hydrogens is 361 g/mol. The lowest BCUT2D eigenvalue weighted by Crippen LogP contribution is -2.29. The molecule has 2 rings (SSSR count). The normalized spacial score (nSPS) is 10.4. The van der Waals surface area contributed by atoms with E-state index < -0.39 is 5.97 Å². The van der Waals surface area contributed by atoms with Crippen molar-refractivity contribution in [1.82, 2.24) is 0 Å². The third kappa shape index (κ3) is 4.44. The first-order chi connectivity index (χ1) is 9.95. The van der Waals surface area contributed by atoms with E-state index in [4.69, 9.17) is 16.7 Å². The molecule has 2 aromatic rings. The number of rotatable bonds is 5. The summed E-state index contributed by atoms with van der Waals surface area (Å²) in [5.74, 6) is -1.30. The van der Waals surface area contributed by atoms with Crippen LogP contribution in [0.1, 0.15) is 5.56 Å². The molecule has 0 aliphatic rings. The minimum atomic E-state index is -0.951. The monoisotopic (exact) mass is 371 g/mol. The Balaban J connectivity index is 2.30. The zero-order chi connectivity index (χ0) is 15.4. The van der Waals surface area contributed by atoms with Gasteiger partial charge in [0.05, 0.1) is 0 Å².